The maximum atomic E-state index is 12.7. The molecule has 0 aromatic heterocycles. The Kier molecular flexibility index (Phi) is 6.74. The maximum Gasteiger partial charge on any atom is 0.387 e. The van der Waals surface area contributed by atoms with Gasteiger partial charge in [0.05, 0.1) is 7.11 Å². The lowest BCUT2D eigenvalue weighted by atomic mass is 10.1. The summed E-state index contributed by atoms with van der Waals surface area (Å²) in [6.45, 7) is 0.0581. The van der Waals surface area contributed by atoms with Crippen molar-refractivity contribution in [2.24, 2.45) is 0 Å². The summed E-state index contributed by atoms with van der Waals surface area (Å²) in [5.74, 6) is -0.174. The van der Waals surface area contributed by atoms with Crippen molar-refractivity contribution >= 4 is 5.91 Å². The summed E-state index contributed by atoms with van der Waals surface area (Å²) in [5, 5.41) is 0. The predicted octanol–water partition coefficient (Wildman–Crippen LogP) is 4.00. The van der Waals surface area contributed by atoms with Gasteiger partial charge in [0.1, 0.15) is 0 Å². The van der Waals surface area contributed by atoms with Gasteiger partial charge in [-0.05, 0) is 37.1 Å². The molecule has 0 aliphatic heterocycles. The lowest BCUT2D eigenvalue weighted by Gasteiger charge is -2.21. The van der Waals surface area contributed by atoms with Gasteiger partial charge in [-0.25, -0.2) is 0 Å². The lowest BCUT2D eigenvalue weighted by Crippen LogP contribution is -2.32. The summed E-state index contributed by atoms with van der Waals surface area (Å²) in [7, 11) is 1.34. The van der Waals surface area contributed by atoms with E-state index in [0.717, 1.165) is 12.0 Å². The van der Waals surface area contributed by atoms with E-state index in [1.807, 2.05) is 37.3 Å². The predicted molar refractivity (Wildman–Crippen MR) is 91.3 cm³/mol. The quantitative estimate of drug-likeness (QED) is 0.723. The molecule has 2 aromatic rings. The van der Waals surface area contributed by atoms with Gasteiger partial charge in [-0.1, -0.05) is 30.3 Å². The van der Waals surface area contributed by atoms with Crippen LogP contribution >= 0.6 is 0 Å². The molecule has 1 amide bonds. The average Bonchev–Trinajstić information content (AvgIpc) is 2.62. The molecule has 2 rings (SSSR count). The van der Waals surface area contributed by atoms with Crippen molar-refractivity contribution in [2.75, 3.05) is 20.2 Å². The normalized spacial score (nSPS) is 10.6. The third kappa shape index (κ3) is 5.17. The van der Waals surface area contributed by atoms with Gasteiger partial charge in [-0.3, -0.25) is 4.79 Å². The van der Waals surface area contributed by atoms with Crippen LogP contribution in [-0.4, -0.2) is 37.6 Å². The zero-order valence-electron chi connectivity index (χ0n) is 14.2. The van der Waals surface area contributed by atoms with Gasteiger partial charge in [-0.2, -0.15) is 8.78 Å². The molecule has 0 N–H and O–H groups in total. The SMILES string of the molecule is CCN(CCc1ccccc1)C(=O)c1ccc(OC(F)F)c(OC)c1. The molecule has 0 fully saturated rings. The summed E-state index contributed by atoms with van der Waals surface area (Å²) in [6, 6.07) is 14.1. The number of carbonyl (C=O) groups excluding carboxylic acids is 1. The standard InChI is InChI=1S/C19H21F2NO3/c1-3-22(12-11-14-7-5-4-6-8-14)18(23)15-9-10-16(25-19(20)21)17(13-15)24-2/h4-10,13,19H,3,11-12H2,1-2H3. The van der Waals surface area contributed by atoms with Crippen molar-refractivity contribution in [3.8, 4) is 11.5 Å². The Morgan fingerprint density at radius 2 is 1.84 bits per heavy atom. The highest BCUT2D eigenvalue weighted by Gasteiger charge is 2.18. The van der Waals surface area contributed by atoms with Crippen LogP contribution in [0.3, 0.4) is 0 Å². The van der Waals surface area contributed by atoms with E-state index in [0.29, 0.717) is 18.7 Å². The van der Waals surface area contributed by atoms with E-state index in [1.54, 1.807) is 4.90 Å². The van der Waals surface area contributed by atoms with Crippen molar-refractivity contribution in [3.63, 3.8) is 0 Å². The van der Waals surface area contributed by atoms with Gasteiger partial charge in [0.2, 0.25) is 0 Å². The number of rotatable bonds is 8. The number of hydrogen-bond donors (Lipinski definition) is 0. The van der Waals surface area contributed by atoms with E-state index in [2.05, 4.69) is 4.74 Å². The summed E-state index contributed by atoms with van der Waals surface area (Å²) in [4.78, 5) is 14.4. The highest BCUT2D eigenvalue weighted by molar-refractivity contribution is 5.95. The first-order chi connectivity index (χ1) is 12.0. The van der Waals surface area contributed by atoms with Crippen molar-refractivity contribution in [2.45, 2.75) is 20.0 Å². The van der Waals surface area contributed by atoms with Crippen LogP contribution in [0.15, 0.2) is 48.5 Å². The van der Waals surface area contributed by atoms with Gasteiger partial charge in [0.15, 0.2) is 11.5 Å². The summed E-state index contributed by atoms with van der Waals surface area (Å²) >= 11 is 0. The van der Waals surface area contributed by atoms with E-state index >= 15 is 0 Å². The number of methoxy groups -OCH3 is 1. The highest BCUT2D eigenvalue weighted by Crippen LogP contribution is 2.29. The van der Waals surface area contributed by atoms with Crippen LogP contribution in [0.5, 0.6) is 11.5 Å². The van der Waals surface area contributed by atoms with Gasteiger partial charge in [0, 0.05) is 18.7 Å². The Bertz CT molecular complexity index is 692. The van der Waals surface area contributed by atoms with Crippen LogP contribution < -0.4 is 9.47 Å². The molecule has 0 spiro atoms. The molecule has 0 saturated heterocycles. The molecule has 2 aromatic carbocycles. The number of amides is 1. The second-order valence-corrected chi connectivity index (χ2v) is 5.36. The Morgan fingerprint density at radius 3 is 2.44 bits per heavy atom. The molecule has 0 radical (unpaired) electrons. The fourth-order valence-electron chi connectivity index (χ4n) is 2.49. The van der Waals surface area contributed by atoms with Crippen molar-refractivity contribution in [3.05, 3.63) is 59.7 Å². The molecule has 134 valence electrons. The first-order valence-electron chi connectivity index (χ1n) is 8.01. The third-order valence-corrected chi connectivity index (χ3v) is 3.81. The molecule has 6 heteroatoms. The van der Waals surface area contributed by atoms with Crippen LogP contribution in [0.1, 0.15) is 22.8 Å². The molecule has 0 aliphatic carbocycles. The van der Waals surface area contributed by atoms with Gasteiger partial charge in [0.25, 0.3) is 5.91 Å². The molecule has 0 saturated carbocycles. The van der Waals surface area contributed by atoms with Crippen molar-refractivity contribution in [1.29, 1.82) is 0 Å². The number of nitrogens with zero attached hydrogens (tertiary/aromatic N) is 1. The molecular weight excluding hydrogens is 328 g/mol. The number of carbonyl (C=O) groups is 1. The summed E-state index contributed by atoms with van der Waals surface area (Å²) < 4.78 is 34.2. The smallest absolute Gasteiger partial charge is 0.387 e. The van der Waals surface area contributed by atoms with Gasteiger partial charge >= 0.3 is 6.61 Å². The number of ether oxygens (including phenoxy) is 2. The lowest BCUT2D eigenvalue weighted by molar-refractivity contribution is -0.0512. The molecule has 25 heavy (non-hydrogen) atoms. The van der Waals surface area contributed by atoms with E-state index in [-0.39, 0.29) is 17.4 Å². The van der Waals surface area contributed by atoms with Crippen LogP contribution in [0.4, 0.5) is 8.78 Å². The molecule has 0 atom stereocenters. The van der Waals surface area contributed by atoms with Gasteiger partial charge in [-0.15, -0.1) is 0 Å². The number of benzene rings is 2. The zero-order valence-corrected chi connectivity index (χ0v) is 14.2. The molecular formula is C19H21F2NO3. The Balaban J connectivity index is 2.11. The topological polar surface area (TPSA) is 38.8 Å². The van der Waals surface area contributed by atoms with Crippen LogP contribution in [-0.2, 0) is 6.42 Å². The van der Waals surface area contributed by atoms with E-state index in [1.165, 1.54) is 25.3 Å². The van der Waals surface area contributed by atoms with Crippen LogP contribution in [0, 0.1) is 0 Å². The van der Waals surface area contributed by atoms with Crippen molar-refractivity contribution in [1.82, 2.24) is 4.90 Å². The first-order valence-corrected chi connectivity index (χ1v) is 8.01. The monoisotopic (exact) mass is 349 g/mol. The van der Waals surface area contributed by atoms with Crippen molar-refractivity contribution < 1.29 is 23.0 Å². The molecule has 0 unspecified atom stereocenters. The number of hydrogen-bond acceptors (Lipinski definition) is 3. The molecule has 0 aliphatic rings. The largest absolute Gasteiger partial charge is 0.493 e. The third-order valence-electron chi connectivity index (χ3n) is 3.81. The zero-order chi connectivity index (χ0) is 18.2. The average molecular weight is 349 g/mol. The minimum Gasteiger partial charge on any atom is -0.493 e. The number of likely N-dealkylation sites (N-methyl/N-ethyl adjacent to an activating group) is 1. The molecule has 4 nitrogen and oxygen atoms in total. The minimum absolute atomic E-state index is 0.0959. The van der Waals surface area contributed by atoms with E-state index in [4.69, 9.17) is 4.74 Å². The maximum absolute atomic E-state index is 12.7. The fraction of sp³-hybridized carbons (Fsp3) is 0.316. The molecule has 0 heterocycles. The highest BCUT2D eigenvalue weighted by atomic mass is 19.3. The van der Waals surface area contributed by atoms with Crippen LogP contribution in [0.25, 0.3) is 0 Å². The van der Waals surface area contributed by atoms with Crippen LogP contribution in [0.2, 0.25) is 0 Å². The Hall–Kier alpha value is -2.63. The minimum atomic E-state index is -2.95. The second kappa shape index (κ2) is 9.01. The van der Waals surface area contributed by atoms with Gasteiger partial charge < -0.3 is 14.4 Å². The first kappa shape index (κ1) is 18.7. The Labute approximate surface area is 146 Å². The number of halogens is 2. The fourth-order valence-corrected chi connectivity index (χ4v) is 2.49. The molecule has 0 bridgehead atoms. The summed E-state index contributed by atoms with van der Waals surface area (Å²) in [5.41, 5.74) is 1.51. The summed E-state index contributed by atoms with van der Waals surface area (Å²) in [6.07, 6.45) is 0.740. The second-order valence-electron chi connectivity index (χ2n) is 5.36. The number of alkyl halides is 2. The Morgan fingerprint density at radius 1 is 1.12 bits per heavy atom. The van der Waals surface area contributed by atoms with E-state index < -0.39 is 6.61 Å². The van der Waals surface area contributed by atoms with E-state index in [9.17, 15) is 13.6 Å².